The highest BCUT2D eigenvalue weighted by Crippen LogP contribution is 2.37. The molecule has 5 amide bonds. The third-order valence-electron chi connectivity index (χ3n) is 11.2. The van der Waals surface area contributed by atoms with Gasteiger partial charge in [0, 0.05) is 61.7 Å². The molecule has 1 atom stereocenters. The number of hydrogen-bond donors (Lipinski definition) is 4. The van der Waals surface area contributed by atoms with E-state index >= 15 is 0 Å². The van der Waals surface area contributed by atoms with E-state index in [1.54, 1.807) is 19.1 Å². The highest BCUT2D eigenvalue weighted by molar-refractivity contribution is 6.24. The van der Waals surface area contributed by atoms with Crippen molar-refractivity contribution in [2.75, 3.05) is 44.2 Å². The second kappa shape index (κ2) is 15.6. The molecule has 14 heteroatoms. The zero-order chi connectivity index (χ0) is 39.8. The molecule has 292 valence electrons. The van der Waals surface area contributed by atoms with Crippen LogP contribution in [0.2, 0.25) is 0 Å². The number of piperidine rings is 1. The number of carbonyl (C=O) groups is 6. The maximum absolute atomic E-state index is 13.4. The number of nitrogens with one attached hydrogen (secondary N) is 4. The molecule has 3 aliphatic heterocycles. The van der Waals surface area contributed by atoms with Crippen LogP contribution in [0.5, 0.6) is 0 Å². The second-order valence-corrected chi connectivity index (χ2v) is 14.9. The molecule has 5 aromatic rings. The van der Waals surface area contributed by atoms with E-state index in [1.807, 2.05) is 49.4 Å². The Bertz CT molecular complexity index is 2430. The molecule has 14 nitrogen and oxygen atoms in total. The third kappa shape index (κ3) is 7.35. The minimum absolute atomic E-state index is 0.00519. The van der Waals surface area contributed by atoms with Crippen LogP contribution in [0, 0.1) is 6.92 Å². The largest absolute Gasteiger partial charge is 0.369 e. The quantitative estimate of drug-likeness (QED) is 0.0813. The Kier molecular flexibility index (Phi) is 10.3. The number of Topliss-reactive ketones (excluding diaryl/α,β-unsaturated/α-hetero) is 1. The first kappa shape index (κ1) is 37.5. The van der Waals surface area contributed by atoms with Crippen LogP contribution in [-0.4, -0.2) is 105 Å². The van der Waals surface area contributed by atoms with Crippen LogP contribution in [0.25, 0.3) is 33.7 Å². The van der Waals surface area contributed by atoms with Crippen molar-refractivity contribution < 1.29 is 28.8 Å². The molecule has 1 unspecified atom stereocenters. The van der Waals surface area contributed by atoms with Crippen LogP contribution in [0.15, 0.2) is 66.7 Å². The number of carbonyl (C=O) groups excluding carboxylic acids is 6. The maximum Gasteiger partial charge on any atom is 0.262 e. The van der Waals surface area contributed by atoms with Crippen molar-refractivity contribution >= 4 is 52.0 Å². The Morgan fingerprint density at radius 2 is 1.67 bits per heavy atom. The number of H-pyrrole nitrogens is 2. The zero-order valence-corrected chi connectivity index (χ0v) is 31.9. The van der Waals surface area contributed by atoms with Crippen molar-refractivity contribution in [3.63, 3.8) is 0 Å². The van der Waals surface area contributed by atoms with E-state index in [4.69, 9.17) is 4.98 Å². The maximum atomic E-state index is 13.4. The van der Waals surface area contributed by atoms with Crippen LogP contribution in [-0.2, 0) is 20.8 Å². The SMILES string of the molecule is CC(=O)c1c(C)[nH]c(-c2nc3ccc(N4CCN(CC(=O)NCCCCc5cccc6c5C(=O)N(C5CCC(=O)NC5=O)C6=O)CC4)cc3[nH]2)c1-c1ccccc1. The fourth-order valence-corrected chi connectivity index (χ4v) is 8.33. The van der Waals surface area contributed by atoms with Gasteiger partial charge in [0.15, 0.2) is 11.6 Å². The number of amides is 5. The molecule has 2 fully saturated rings. The Morgan fingerprint density at radius 1 is 0.877 bits per heavy atom. The molecule has 57 heavy (non-hydrogen) atoms. The summed E-state index contributed by atoms with van der Waals surface area (Å²) in [4.78, 5) is 93.3. The van der Waals surface area contributed by atoms with Gasteiger partial charge >= 0.3 is 0 Å². The van der Waals surface area contributed by atoms with E-state index < -0.39 is 29.7 Å². The molecular weight excluding hydrogens is 725 g/mol. The van der Waals surface area contributed by atoms with Crippen LogP contribution >= 0.6 is 0 Å². The first-order chi connectivity index (χ1) is 27.6. The molecule has 2 aromatic heterocycles. The van der Waals surface area contributed by atoms with E-state index in [0.29, 0.717) is 49.3 Å². The fourth-order valence-electron chi connectivity index (χ4n) is 8.33. The number of fused-ring (bicyclic) bond motifs is 2. The number of aryl methyl sites for hydroxylation is 2. The van der Waals surface area contributed by atoms with Crippen LogP contribution in [0.1, 0.15) is 74.9 Å². The normalized spacial score (nSPS) is 17.3. The van der Waals surface area contributed by atoms with Crippen molar-refractivity contribution in [3.05, 3.63) is 94.7 Å². The summed E-state index contributed by atoms with van der Waals surface area (Å²) in [6, 6.07) is 20.2. The Labute approximate surface area is 329 Å². The lowest BCUT2D eigenvalue weighted by Gasteiger charge is -2.35. The highest BCUT2D eigenvalue weighted by atomic mass is 16.2. The molecule has 0 saturated carbocycles. The number of anilines is 1. The lowest BCUT2D eigenvalue weighted by atomic mass is 9.98. The van der Waals surface area contributed by atoms with Gasteiger partial charge in [-0.1, -0.05) is 42.5 Å². The van der Waals surface area contributed by atoms with Gasteiger partial charge in [-0.25, -0.2) is 4.98 Å². The van der Waals surface area contributed by atoms with Crippen molar-refractivity contribution in [2.45, 2.75) is 52.0 Å². The average molecular weight is 769 g/mol. The molecule has 0 aliphatic carbocycles. The number of hydrogen-bond acceptors (Lipinski definition) is 9. The summed E-state index contributed by atoms with van der Waals surface area (Å²) in [5.41, 5.74) is 8.14. The number of benzene rings is 3. The smallest absolute Gasteiger partial charge is 0.262 e. The number of aromatic amines is 2. The van der Waals surface area contributed by atoms with Gasteiger partial charge < -0.3 is 20.2 Å². The predicted molar refractivity (Wildman–Crippen MR) is 214 cm³/mol. The summed E-state index contributed by atoms with van der Waals surface area (Å²) in [5.74, 6) is -1.44. The summed E-state index contributed by atoms with van der Waals surface area (Å²) in [6.45, 7) is 7.28. The molecule has 3 aromatic carbocycles. The number of ketones is 1. The number of unbranched alkanes of at least 4 members (excludes halogenated alkanes) is 1. The van der Waals surface area contributed by atoms with Gasteiger partial charge in [-0.3, -0.25) is 43.9 Å². The molecule has 5 heterocycles. The minimum atomic E-state index is -1.000. The Balaban J connectivity index is 0.816. The molecule has 2 saturated heterocycles. The number of aromatic nitrogens is 3. The number of imide groups is 2. The summed E-state index contributed by atoms with van der Waals surface area (Å²) in [7, 11) is 0. The number of piperazine rings is 1. The van der Waals surface area contributed by atoms with Crippen LogP contribution < -0.4 is 15.5 Å². The Morgan fingerprint density at radius 3 is 2.42 bits per heavy atom. The molecule has 4 N–H and O–H groups in total. The first-order valence-corrected chi connectivity index (χ1v) is 19.4. The number of nitrogens with zero attached hydrogens (tertiary/aromatic N) is 4. The lowest BCUT2D eigenvalue weighted by Crippen LogP contribution is -2.54. The summed E-state index contributed by atoms with van der Waals surface area (Å²) < 4.78 is 0. The Hall–Kier alpha value is -6.41. The predicted octanol–water partition coefficient (Wildman–Crippen LogP) is 4.40. The summed E-state index contributed by atoms with van der Waals surface area (Å²) in [6.07, 6.45) is 2.10. The van der Waals surface area contributed by atoms with E-state index in [2.05, 4.69) is 42.5 Å². The van der Waals surface area contributed by atoms with E-state index in [0.717, 1.165) is 75.9 Å². The van der Waals surface area contributed by atoms with Gasteiger partial charge in [0.1, 0.15) is 6.04 Å². The van der Waals surface area contributed by atoms with Crippen molar-refractivity contribution in [1.82, 2.24) is 35.4 Å². The third-order valence-corrected chi connectivity index (χ3v) is 11.2. The monoisotopic (exact) mass is 768 g/mol. The van der Waals surface area contributed by atoms with Crippen LogP contribution in [0.3, 0.4) is 0 Å². The van der Waals surface area contributed by atoms with Gasteiger partial charge in [-0.05, 0) is 74.9 Å². The molecule has 0 spiro atoms. The molecule has 8 rings (SSSR count). The molecule has 3 aliphatic rings. The van der Waals surface area contributed by atoms with Gasteiger partial charge in [0.05, 0.1) is 34.4 Å². The fraction of sp³-hybridized carbons (Fsp3) is 0.326. The second-order valence-electron chi connectivity index (χ2n) is 14.9. The average Bonchev–Trinajstić information content (AvgIpc) is 3.86. The van der Waals surface area contributed by atoms with Gasteiger partial charge in [-0.2, -0.15) is 0 Å². The standard InChI is InChI=1S/C43H44N8O6/c1-25-36(26(2)52)38(28-9-4-3-5-10-28)39(45-25)40-46-31-15-14-29(23-32(31)47-40)50-21-19-49(20-22-50)24-35(54)44-18-7-6-11-27-12-8-13-30-37(27)43(57)51(42(30)56)33-16-17-34(53)48-41(33)55/h3-5,8-10,12-15,23,33,45H,6-7,11,16-22,24H2,1-2H3,(H,44,54)(H,46,47)(H,48,53,55). The van der Waals surface area contributed by atoms with E-state index in [-0.39, 0.29) is 30.1 Å². The van der Waals surface area contributed by atoms with Gasteiger partial charge in [-0.15, -0.1) is 0 Å². The zero-order valence-electron chi connectivity index (χ0n) is 31.9. The molecule has 0 radical (unpaired) electrons. The van der Waals surface area contributed by atoms with E-state index in [1.165, 1.54) is 0 Å². The molecule has 0 bridgehead atoms. The topological polar surface area (TPSA) is 181 Å². The van der Waals surface area contributed by atoms with Gasteiger partial charge in [0.2, 0.25) is 17.7 Å². The number of imidazole rings is 1. The highest BCUT2D eigenvalue weighted by Gasteiger charge is 2.45. The number of rotatable bonds is 12. The summed E-state index contributed by atoms with van der Waals surface area (Å²) >= 11 is 0. The first-order valence-electron chi connectivity index (χ1n) is 19.4. The minimum Gasteiger partial charge on any atom is -0.369 e. The molecular formula is C43H44N8O6. The lowest BCUT2D eigenvalue weighted by molar-refractivity contribution is -0.136. The van der Waals surface area contributed by atoms with E-state index in [9.17, 15) is 28.8 Å². The van der Waals surface area contributed by atoms with Crippen molar-refractivity contribution in [2.24, 2.45) is 0 Å². The van der Waals surface area contributed by atoms with Crippen molar-refractivity contribution in [1.29, 1.82) is 0 Å². The van der Waals surface area contributed by atoms with Crippen LogP contribution in [0.4, 0.5) is 5.69 Å². The van der Waals surface area contributed by atoms with Gasteiger partial charge in [0.25, 0.3) is 11.8 Å². The van der Waals surface area contributed by atoms with Crippen molar-refractivity contribution in [3.8, 4) is 22.6 Å². The summed E-state index contributed by atoms with van der Waals surface area (Å²) in [5, 5.41) is 5.24.